The Labute approximate surface area is 171 Å². The summed E-state index contributed by atoms with van der Waals surface area (Å²) in [5, 5.41) is 0. The van der Waals surface area contributed by atoms with E-state index >= 15 is 0 Å². The summed E-state index contributed by atoms with van der Waals surface area (Å²) < 4.78 is 45.3. The van der Waals surface area contributed by atoms with Crippen molar-refractivity contribution in [2.45, 2.75) is 24.8 Å². The lowest BCUT2D eigenvalue weighted by Gasteiger charge is -2.32. The second-order valence-corrected chi connectivity index (χ2v) is 9.29. The molecule has 1 saturated heterocycles. The van der Waals surface area contributed by atoms with E-state index in [-0.39, 0.29) is 12.8 Å². The number of nitrogens with one attached hydrogen (secondary N) is 2. The van der Waals surface area contributed by atoms with Crippen LogP contribution in [0, 0.1) is 13.8 Å². The first-order valence-electron chi connectivity index (χ1n) is 9.83. The number of fused-ring (bicyclic) bond motifs is 1. The minimum atomic E-state index is -3.62. The number of aryl methyl sites for hydroxylation is 2. The highest BCUT2D eigenvalue weighted by atomic mass is 32.2. The zero-order valence-electron chi connectivity index (χ0n) is 16.7. The van der Waals surface area contributed by atoms with E-state index in [4.69, 9.17) is 14.2 Å². The van der Waals surface area contributed by atoms with E-state index in [2.05, 4.69) is 4.72 Å². The molecular weight excluding hydrogens is 392 g/mol. The maximum atomic E-state index is 13.0. The molecule has 4 rings (SSSR count). The number of hydrogen-bond acceptors (Lipinski definition) is 5. The maximum Gasteiger partial charge on any atom is 0.241 e. The molecule has 0 aromatic heterocycles. The second-order valence-electron chi connectivity index (χ2n) is 7.56. The fraction of sp³-hybridized carbons (Fsp3) is 0.429. The molecule has 2 aliphatic rings. The van der Waals surface area contributed by atoms with Gasteiger partial charge in [0, 0.05) is 5.56 Å². The van der Waals surface area contributed by atoms with Gasteiger partial charge >= 0.3 is 0 Å². The predicted molar refractivity (Wildman–Crippen MR) is 108 cm³/mol. The number of rotatable bonds is 6. The van der Waals surface area contributed by atoms with Crippen LogP contribution < -0.4 is 19.1 Å². The van der Waals surface area contributed by atoms with Crippen molar-refractivity contribution in [3.63, 3.8) is 0 Å². The van der Waals surface area contributed by atoms with Gasteiger partial charge in [-0.3, -0.25) is 0 Å². The van der Waals surface area contributed by atoms with Crippen LogP contribution in [-0.4, -0.2) is 48.1 Å². The van der Waals surface area contributed by atoms with Crippen LogP contribution in [0.4, 0.5) is 0 Å². The summed E-state index contributed by atoms with van der Waals surface area (Å²) in [7, 11) is -3.62. The maximum absolute atomic E-state index is 13.0. The Balaban J connectivity index is 1.59. The van der Waals surface area contributed by atoms with Crippen molar-refractivity contribution in [1.29, 1.82) is 0 Å². The highest BCUT2D eigenvalue weighted by molar-refractivity contribution is 7.89. The lowest BCUT2D eigenvalue weighted by molar-refractivity contribution is -0.937. The van der Waals surface area contributed by atoms with Crippen LogP contribution in [0.1, 0.15) is 22.7 Å². The first-order chi connectivity index (χ1) is 13.9. The molecule has 1 atom stereocenters. The van der Waals surface area contributed by atoms with Crippen molar-refractivity contribution in [3.05, 3.63) is 53.1 Å². The normalized spacial score (nSPS) is 18.0. The third-order valence-corrected chi connectivity index (χ3v) is 7.10. The van der Waals surface area contributed by atoms with Crippen LogP contribution in [0.25, 0.3) is 0 Å². The zero-order chi connectivity index (χ0) is 20.4. The number of benzene rings is 2. The van der Waals surface area contributed by atoms with Crippen molar-refractivity contribution in [2.75, 3.05) is 39.6 Å². The molecule has 2 N–H and O–H groups in total. The fourth-order valence-electron chi connectivity index (χ4n) is 3.88. The van der Waals surface area contributed by atoms with Crippen LogP contribution in [0.3, 0.4) is 0 Å². The van der Waals surface area contributed by atoms with Gasteiger partial charge in [-0.25, -0.2) is 13.1 Å². The van der Waals surface area contributed by atoms with E-state index in [0.717, 1.165) is 35.5 Å². The molecule has 2 aromatic carbocycles. The van der Waals surface area contributed by atoms with Gasteiger partial charge in [0.1, 0.15) is 19.1 Å². The summed E-state index contributed by atoms with van der Waals surface area (Å²) in [6, 6.07) is 11.3. The Bertz CT molecular complexity index is 987. The van der Waals surface area contributed by atoms with Crippen LogP contribution in [-0.2, 0) is 14.8 Å². The van der Waals surface area contributed by atoms with E-state index in [1.807, 2.05) is 44.2 Å². The summed E-state index contributed by atoms with van der Waals surface area (Å²) in [6.45, 7) is 7.20. The van der Waals surface area contributed by atoms with Gasteiger partial charge in [-0.1, -0.05) is 12.1 Å². The van der Waals surface area contributed by atoms with Crippen molar-refractivity contribution < 1.29 is 27.5 Å². The Morgan fingerprint density at radius 3 is 2.59 bits per heavy atom. The Kier molecular flexibility index (Phi) is 5.78. The quantitative estimate of drug-likeness (QED) is 0.730. The Morgan fingerprint density at radius 1 is 1.03 bits per heavy atom. The first kappa shape index (κ1) is 20.2. The average molecular weight is 420 g/mol. The number of ether oxygens (including phenoxy) is 3. The second kappa shape index (κ2) is 8.31. The topological polar surface area (TPSA) is 78.3 Å². The van der Waals surface area contributed by atoms with Crippen LogP contribution in [0.2, 0.25) is 0 Å². The van der Waals surface area contributed by atoms with Gasteiger partial charge in [-0.15, -0.1) is 0 Å². The van der Waals surface area contributed by atoms with E-state index in [9.17, 15) is 8.42 Å². The third kappa shape index (κ3) is 4.40. The molecule has 8 heteroatoms. The zero-order valence-corrected chi connectivity index (χ0v) is 17.6. The molecule has 1 fully saturated rings. The van der Waals surface area contributed by atoms with Gasteiger partial charge in [0.25, 0.3) is 0 Å². The molecule has 0 amide bonds. The molecule has 29 heavy (non-hydrogen) atoms. The van der Waals surface area contributed by atoms with Gasteiger partial charge in [-0.05, 0) is 49.2 Å². The first-order valence-corrected chi connectivity index (χ1v) is 11.3. The summed E-state index contributed by atoms with van der Waals surface area (Å²) in [5.74, 6) is 1.43. The van der Waals surface area contributed by atoms with E-state index < -0.39 is 10.0 Å². The predicted octanol–water partition coefficient (Wildman–Crippen LogP) is 0.967. The van der Waals surface area contributed by atoms with Crippen LogP contribution in [0.15, 0.2) is 41.3 Å². The molecular formula is C21H27N2O5S+. The lowest BCUT2D eigenvalue weighted by atomic mass is 10.0. The summed E-state index contributed by atoms with van der Waals surface area (Å²) >= 11 is 0. The third-order valence-electron chi connectivity index (χ3n) is 5.54. The Morgan fingerprint density at radius 2 is 1.79 bits per heavy atom. The van der Waals surface area contributed by atoms with E-state index in [1.165, 1.54) is 4.90 Å². The summed E-state index contributed by atoms with van der Waals surface area (Å²) in [4.78, 5) is 1.62. The summed E-state index contributed by atoms with van der Waals surface area (Å²) in [5.41, 5.74) is 2.68. The van der Waals surface area contributed by atoms with Crippen LogP contribution >= 0.6 is 0 Å². The molecule has 0 radical (unpaired) electrons. The standard InChI is InChI=1S/C21H26N2O5S/c1-15-3-4-16(2)21(11-15)29(24,25)22-13-18(23-7-9-26-10-8-23)17-5-6-19-20(12-17)28-14-27-19/h3-6,11-12,18,22H,7-10,13-14H2,1-2H3/p+1/t18-/m1/s1. The van der Waals surface area contributed by atoms with Gasteiger partial charge in [-0.2, -0.15) is 0 Å². The highest BCUT2D eigenvalue weighted by Gasteiger charge is 2.30. The molecule has 0 aliphatic carbocycles. The highest BCUT2D eigenvalue weighted by Crippen LogP contribution is 2.33. The molecule has 2 heterocycles. The molecule has 0 spiro atoms. The monoisotopic (exact) mass is 419 g/mol. The Hall–Kier alpha value is -2.13. The largest absolute Gasteiger partial charge is 0.454 e. The summed E-state index contributed by atoms with van der Waals surface area (Å²) in [6.07, 6.45) is 0. The van der Waals surface area contributed by atoms with Gasteiger partial charge < -0.3 is 19.1 Å². The molecule has 0 saturated carbocycles. The lowest BCUT2D eigenvalue weighted by Crippen LogP contribution is -3.15. The van der Waals surface area contributed by atoms with Crippen molar-refractivity contribution in [2.24, 2.45) is 0 Å². The van der Waals surface area contributed by atoms with Gasteiger partial charge in [0.15, 0.2) is 11.5 Å². The molecule has 2 aliphatic heterocycles. The van der Waals surface area contributed by atoms with E-state index in [0.29, 0.717) is 30.4 Å². The van der Waals surface area contributed by atoms with Gasteiger partial charge in [0.2, 0.25) is 16.8 Å². The molecule has 2 aromatic rings. The number of morpholine rings is 1. The van der Waals surface area contributed by atoms with E-state index in [1.54, 1.807) is 6.07 Å². The van der Waals surface area contributed by atoms with Gasteiger partial charge in [0.05, 0.1) is 24.7 Å². The van der Waals surface area contributed by atoms with Crippen molar-refractivity contribution in [1.82, 2.24) is 4.72 Å². The van der Waals surface area contributed by atoms with Crippen molar-refractivity contribution in [3.8, 4) is 11.5 Å². The molecule has 156 valence electrons. The smallest absolute Gasteiger partial charge is 0.241 e. The number of quaternary nitrogens is 1. The molecule has 0 unspecified atom stereocenters. The minimum absolute atomic E-state index is 0.0479. The number of sulfonamides is 1. The number of hydrogen-bond donors (Lipinski definition) is 2. The SMILES string of the molecule is Cc1ccc(C)c(S(=O)(=O)NC[C@H](c2ccc3c(c2)OCO3)[NH+]2CCOCC2)c1. The van der Waals surface area contributed by atoms with Crippen LogP contribution in [0.5, 0.6) is 11.5 Å². The minimum Gasteiger partial charge on any atom is -0.454 e. The fourth-order valence-corrected chi connectivity index (χ4v) is 5.25. The average Bonchev–Trinajstić information content (AvgIpc) is 3.18. The van der Waals surface area contributed by atoms with Crippen molar-refractivity contribution >= 4 is 10.0 Å². The molecule has 0 bridgehead atoms. The molecule has 7 nitrogen and oxygen atoms in total.